The Morgan fingerprint density at radius 3 is 2.72 bits per heavy atom. The molecule has 0 heterocycles. The summed E-state index contributed by atoms with van der Waals surface area (Å²) in [7, 11) is 1.38. The van der Waals surface area contributed by atoms with Crippen LogP contribution in [0.3, 0.4) is 0 Å². The Labute approximate surface area is 108 Å². The third kappa shape index (κ3) is 2.99. The lowest BCUT2D eigenvalue weighted by Gasteiger charge is -2.32. The van der Waals surface area contributed by atoms with E-state index in [-0.39, 0.29) is 30.2 Å². The number of esters is 1. The van der Waals surface area contributed by atoms with Crippen molar-refractivity contribution in [1.82, 2.24) is 0 Å². The van der Waals surface area contributed by atoms with E-state index in [0.29, 0.717) is 12.8 Å². The number of methoxy groups -OCH3 is 1. The van der Waals surface area contributed by atoms with Crippen LogP contribution in [0.4, 0.5) is 0 Å². The topological polar surface area (TPSA) is 63.6 Å². The minimum absolute atomic E-state index is 0.0146. The number of carbonyl (C=O) groups excluding carboxylic acids is 2. The van der Waals surface area contributed by atoms with Crippen molar-refractivity contribution in [2.75, 3.05) is 13.7 Å². The summed E-state index contributed by atoms with van der Waals surface area (Å²) in [5, 5.41) is 8.71. The van der Waals surface area contributed by atoms with Gasteiger partial charge in [0.05, 0.1) is 19.1 Å². The van der Waals surface area contributed by atoms with Crippen molar-refractivity contribution in [2.45, 2.75) is 33.1 Å². The van der Waals surface area contributed by atoms with Gasteiger partial charge in [0.15, 0.2) is 0 Å². The van der Waals surface area contributed by atoms with Crippen LogP contribution >= 0.6 is 0 Å². The molecule has 0 aromatic rings. The Morgan fingerprint density at radius 1 is 1.50 bits per heavy atom. The van der Waals surface area contributed by atoms with Crippen molar-refractivity contribution in [1.29, 1.82) is 0 Å². The maximum absolute atomic E-state index is 11.9. The fourth-order valence-electron chi connectivity index (χ4n) is 2.80. The Kier molecular flexibility index (Phi) is 5.08. The quantitative estimate of drug-likeness (QED) is 0.599. The third-order valence-electron chi connectivity index (χ3n) is 3.90. The van der Waals surface area contributed by atoms with Crippen LogP contribution in [0.15, 0.2) is 12.2 Å². The molecule has 0 aliphatic heterocycles. The molecule has 0 aromatic carbocycles. The summed E-state index contributed by atoms with van der Waals surface area (Å²) in [6.45, 7) is 3.65. The zero-order chi connectivity index (χ0) is 13.8. The van der Waals surface area contributed by atoms with Crippen LogP contribution in [0.5, 0.6) is 0 Å². The first-order chi connectivity index (χ1) is 8.45. The lowest BCUT2D eigenvalue weighted by molar-refractivity contribution is -0.155. The van der Waals surface area contributed by atoms with Crippen LogP contribution in [0.1, 0.15) is 33.1 Å². The summed E-state index contributed by atoms with van der Waals surface area (Å²) >= 11 is 0. The molecule has 2 atom stereocenters. The van der Waals surface area contributed by atoms with Gasteiger partial charge in [-0.25, -0.2) is 0 Å². The molecular weight excluding hydrogens is 232 g/mol. The number of aliphatic hydroxyl groups is 1. The minimum Gasteiger partial charge on any atom is -0.469 e. The highest BCUT2D eigenvalue weighted by atomic mass is 16.5. The smallest absolute Gasteiger partial charge is 0.311 e. The Hall–Kier alpha value is -1.16. The molecule has 1 rings (SSSR count). The second kappa shape index (κ2) is 6.14. The number of aliphatic hydroxyl groups excluding tert-OH is 1. The number of ketones is 1. The molecule has 0 spiro atoms. The highest BCUT2D eigenvalue weighted by Crippen LogP contribution is 2.44. The first kappa shape index (κ1) is 14.9. The van der Waals surface area contributed by atoms with Gasteiger partial charge < -0.3 is 9.84 Å². The first-order valence-corrected chi connectivity index (χ1v) is 6.32. The molecule has 1 aliphatic rings. The lowest BCUT2D eigenvalue weighted by atomic mass is 9.72. The number of carbonyl (C=O) groups is 2. The van der Waals surface area contributed by atoms with Gasteiger partial charge in [0.2, 0.25) is 0 Å². The molecule has 0 aromatic heterocycles. The molecule has 1 N–H and O–H groups in total. The molecule has 1 aliphatic carbocycles. The van der Waals surface area contributed by atoms with Gasteiger partial charge in [-0.05, 0) is 32.6 Å². The molecule has 0 bridgehead atoms. The van der Waals surface area contributed by atoms with Crippen LogP contribution in [0, 0.1) is 17.3 Å². The van der Waals surface area contributed by atoms with E-state index < -0.39 is 5.41 Å². The van der Waals surface area contributed by atoms with Gasteiger partial charge in [0, 0.05) is 12.3 Å². The zero-order valence-corrected chi connectivity index (χ0v) is 11.3. The van der Waals surface area contributed by atoms with E-state index in [1.165, 1.54) is 7.11 Å². The summed E-state index contributed by atoms with van der Waals surface area (Å²) in [6, 6.07) is 0. The average molecular weight is 254 g/mol. The lowest BCUT2D eigenvalue weighted by Crippen LogP contribution is -2.37. The summed E-state index contributed by atoms with van der Waals surface area (Å²) < 4.78 is 4.83. The molecule has 4 nitrogen and oxygen atoms in total. The molecular formula is C14H22O4. The van der Waals surface area contributed by atoms with Gasteiger partial charge in [-0.2, -0.15) is 0 Å². The highest BCUT2D eigenvalue weighted by Gasteiger charge is 2.47. The van der Waals surface area contributed by atoms with Crippen LogP contribution in [0.25, 0.3) is 0 Å². The number of Topliss-reactive ketones (excluding diaryl/α,β-unsaturated/α-hetero) is 1. The van der Waals surface area contributed by atoms with Crippen LogP contribution in [0.2, 0.25) is 0 Å². The molecule has 102 valence electrons. The van der Waals surface area contributed by atoms with E-state index in [1.54, 1.807) is 6.08 Å². The van der Waals surface area contributed by atoms with Gasteiger partial charge in [0.1, 0.15) is 5.78 Å². The molecule has 0 radical (unpaired) electrons. The summed E-state index contributed by atoms with van der Waals surface area (Å²) in [6.07, 6.45) is 5.30. The van der Waals surface area contributed by atoms with Crippen molar-refractivity contribution in [3.05, 3.63) is 12.2 Å². The standard InChI is InChI=1S/C14H22O4/c1-14(2,13(17)18-3)11-7-8-12(16)10(11)6-4-5-9-15/h4-5,10-11,15H,6-9H2,1-3H3/b5-4-/t10-,11?/m0/s1. The van der Waals surface area contributed by atoms with Crippen molar-refractivity contribution in [2.24, 2.45) is 17.3 Å². The number of allylic oxidation sites excluding steroid dienone is 1. The number of hydrogen-bond donors (Lipinski definition) is 1. The van der Waals surface area contributed by atoms with E-state index in [1.807, 2.05) is 19.9 Å². The number of ether oxygens (including phenoxy) is 1. The van der Waals surface area contributed by atoms with Crippen molar-refractivity contribution < 1.29 is 19.4 Å². The van der Waals surface area contributed by atoms with Crippen molar-refractivity contribution >= 4 is 11.8 Å². The second-order valence-corrected chi connectivity index (χ2v) is 5.32. The number of rotatable bonds is 5. The van der Waals surface area contributed by atoms with Crippen molar-refractivity contribution in [3.63, 3.8) is 0 Å². The first-order valence-electron chi connectivity index (χ1n) is 6.32. The highest BCUT2D eigenvalue weighted by molar-refractivity contribution is 5.86. The summed E-state index contributed by atoms with van der Waals surface area (Å²) in [5.41, 5.74) is -0.640. The van der Waals surface area contributed by atoms with Crippen LogP contribution in [-0.4, -0.2) is 30.6 Å². The molecule has 0 saturated heterocycles. The monoisotopic (exact) mass is 254 g/mol. The van der Waals surface area contributed by atoms with E-state index in [0.717, 1.165) is 6.42 Å². The fourth-order valence-corrected chi connectivity index (χ4v) is 2.80. The minimum atomic E-state index is -0.640. The summed E-state index contributed by atoms with van der Waals surface area (Å²) in [4.78, 5) is 23.7. The average Bonchev–Trinajstić information content (AvgIpc) is 2.71. The molecule has 18 heavy (non-hydrogen) atoms. The SMILES string of the molecule is COC(=O)C(C)(C)C1CCC(=O)[C@H]1C/C=C\CO. The molecule has 1 saturated carbocycles. The molecule has 1 unspecified atom stereocenters. The van der Waals surface area contributed by atoms with Gasteiger partial charge in [-0.1, -0.05) is 12.2 Å². The largest absolute Gasteiger partial charge is 0.469 e. The summed E-state index contributed by atoms with van der Waals surface area (Å²) in [5.74, 6) is -0.180. The van der Waals surface area contributed by atoms with E-state index in [2.05, 4.69) is 0 Å². The third-order valence-corrected chi connectivity index (χ3v) is 3.90. The maximum Gasteiger partial charge on any atom is 0.311 e. The fraction of sp³-hybridized carbons (Fsp3) is 0.714. The Morgan fingerprint density at radius 2 is 2.17 bits per heavy atom. The van der Waals surface area contributed by atoms with E-state index >= 15 is 0 Å². The number of hydrogen-bond acceptors (Lipinski definition) is 4. The van der Waals surface area contributed by atoms with E-state index in [9.17, 15) is 9.59 Å². The van der Waals surface area contributed by atoms with Crippen molar-refractivity contribution in [3.8, 4) is 0 Å². The van der Waals surface area contributed by atoms with Crippen LogP contribution < -0.4 is 0 Å². The predicted octanol–water partition coefficient (Wildman–Crippen LogP) is 1.72. The van der Waals surface area contributed by atoms with Crippen LogP contribution in [-0.2, 0) is 14.3 Å². The van der Waals surface area contributed by atoms with Gasteiger partial charge in [-0.15, -0.1) is 0 Å². The molecule has 1 fully saturated rings. The predicted molar refractivity (Wildman–Crippen MR) is 67.9 cm³/mol. The van der Waals surface area contributed by atoms with Gasteiger partial charge in [0.25, 0.3) is 0 Å². The van der Waals surface area contributed by atoms with Gasteiger partial charge in [-0.3, -0.25) is 9.59 Å². The Bertz CT molecular complexity index is 344. The maximum atomic E-state index is 11.9. The Balaban J connectivity index is 2.83. The molecule has 4 heteroatoms. The normalized spacial score (nSPS) is 24.8. The second-order valence-electron chi connectivity index (χ2n) is 5.32. The zero-order valence-electron chi connectivity index (χ0n) is 11.3. The van der Waals surface area contributed by atoms with E-state index in [4.69, 9.17) is 9.84 Å². The van der Waals surface area contributed by atoms with Gasteiger partial charge >= 0.3 is 5.97 Å². The molecule has 0 amide bonds.